The number of nitrogens with two attached hydrogens (primary N) is 1. The Bertz CT molecular complexity index is 626. The Morgan fingerprint density at radius 2 is 2.00 bits per heavy atom. The number of hydrogen-bond acceptors (Lipinski definition) is 3. The quantitative estimate of drug-likeness (QED) is 0.664. The van der Waals surface area contributed by atoms with Gasteiger partial charge in [0, 0.05) is 16.3 Å². The average Bonchev–Trinajstić information content (AvgIpc) is 2.47. The van der Waals surface area contributed by atoms with Crippen molar-refractivity contribution in [1.82, 2.24) is 0 Å². The van der Waals surface area contributed by atoms with Gasteiger partial charge in [0.15, 0.2) is 0 Å². The molecule has 1 amide bonds. The molecule has 0 radical (unpaired) electrons. The number of thioether (sulfide) groups is 1. The highest BCUT2D eigenvalue weighted by Crippen LogP contribution is 2.23. The lowest BCUT2D eigenvalue weighted by Crippen LogP contribution is -2.13. The lowest BCUT2D eigenvalue weighted by atomic mass is 10.1. The van der Waals surface area contributed by atoms with E-state index < -0.39 is 0 Å². The van der Waals surface area contributed by atoms with Crippen LogP contribution in [0.5, 0.6) is 0 Å². The van der Waals surface area contributed by atoms with Crippen LogP contribution < -0.4 is 11.1 Å². The predicted octanol–water partition coefficient (Wildman–Crippen LogP) is 3.81. The molecule has 20 heavy (non-hydrogen) atoms. The van der Waals surface area contributed by atoms with Crippen molar-refractivity contribution in [3.63, 3.8) is 0 Å². The van der Waals surface area contributed by atoms with Crippen molar-refractivity contribution in [2.24, 2.45) is 0 Å². The van der Waals surface area contributed by atoms with Gasteiger partial charge in [0.05, 0.1) is 5.56 Å². The SMILES string of the molecule is CCc1ccc(NC(=O)c2ccccc2SC)cc1N. The van der Waals surface area contributed by atoms with Crippen LogP contribution in [-0.2, 0) is 6.42 Å². The number of aryl methyl sites for hydroxylation is 1. The van der Waals surface area contributed by atoms with Gasteiger partial charge in [-0.15, -0.1) is 11.8 Å². The maximum absolute atomic E-state index is 12.3. The second-order valence-electron chi connectivity index (χ2n) is 4.42. The Hall–Kier alpha value is -1.94. The molecule has 0 heterocycles. The van der Waals surface area contributed by atoms with Crippen molar-refractivity contribution in [2.45, 2.75) is 18.2 Å². The number of carbonyl (C=O) groups excluding carboxylic acids is 1. The molecule has 2 aromatic rings. The van der Waals surface area contributed by atoms with Crippen LogP contribution in [0.3, 0.4) is 0 Å². The molecule has 0 fully saturated rings. The van der Waals surface area contributed by atoms with Gasteiger partial charge in [0.1, 0.15) is 0 Å². The van der Waals surface area contributed by atoms with Crippen molar-refractivity contribution < 1.29 is 4.79 Å². The fraction of sp³-hybridized carbons (Fsp3) is 0.188. The highest BCUT2D eigenvalue weighted by Gasteiger charge is 2.11. The number of anilines is 2. The minimum Gasteiger partial charge on any atom is -0.398 e. The van der Waals surface area contributed by atoms with Crippen LogP contribution in [0.25, 0.3) is 0 Å². The molecule has 2 rings (SSSR count). The van der Waals surface area contributed by atoms with Gasteiger partial charge >= 0.3 is 0 Å². The van der Waals surface area contributed by atoms with Crippen molar-refractivity contribution in [3.8, 4) is 0 Å². The Balaban J connectivity index is 2.21. The molecule has 4 heteroatoms. The number of benzene rings is 2. The molecule has 0 spiro atoms. The largest absolute Gasteiger partial charge is 0.398 e. The summed E-state index contributed by atoms with van der Waals surface area (Å²) in [6.07, 6.45) is 2.84. The lowest BCUT2D eigenvalue weighted by molar-refractivity contribution is 0.102. The maximum atomic E-state index is 12.3. The Morgan fingerprint density at radius 3 is 2.65 bits per heavy atom. The first-order valence-electron chi connectivity index (χ1n) is 6.48. The lowest BCUT2D eigenvalue weighted by Gasteiger charge is -2.10. The van der Waals surface area contributed by atoms with Crippen LogP contribution in [0.1, 0.15) is 22.8 Å². The van der Waals surface area contributed by atoms with Crippen molar-refractivity contribution in [1.29, 1.82) is 0 Å². The summed E-state index contributed by atoms with van der Waals surface area (Å²) in [7, 11) is 0. The van der Waals surface area contributed by atoms with E-state index in [1.807, 2.05) is 42.7 Å². The van der Waals surface area contributed by atoms with Crippen LogP contribution in [0.4, 0.5) is 11.4 Å². The molecule has 0 saturated carbocycles. The molecule has 0 aliphatic carbocycles. The summed E-state index contributed by atoms with van der Waals surface area (Å²) in [4.78, 5) is 13.3. The summed E-state index contributed by atoms with van der Waals surface area (Å²) in [5.74, 6) is -0.112. The first-order chi connectivity index (χ1) is 9.65. The normalized spacial score (nSPS) is 10.3. The summed E-state index contributed by atoms with van der Waals surface area (Å²) >= 11 is 1.56. The Morgan fingerprint density at radius 1 is 1.25 bits per heavy atom. The minimum absolute atomic E-state index is 0.112. The third-order valence-electron chi connectivity index (χ3n) is 3.14. The second-order valence-corrected chi connectivity index (χ2v) is 5.27. The highest BCUT2D eigenvalue weighted by molar-refractivity contribution is 7.98. The van der Waals surface area contributed by atoms with Crippen molar-refractivity contribution in [2.75, 3.05) is 17.3 Å². The van der Waals surface area contributed by atoms with E-state index >= 15 is 0 Å². The second kappa shape index (κ2) is 6.48. The third-order valence-corrected chi connectivity index (χ3v) is 3.93. The zero-order valence-electron chi connectivity index (χ0n) is 11.6. The minimum atomic E-state index is -0.112. The number of carbonyl (C=O) groups is 1. The van der Waals surface area contributed by atoms with E-state index in [1.54, 1.807) is 17.8 Å². The molecule has 0 saturated heterocycles. The van der Waals surface area contributed by atoms with Crippen LogP contribution >= 0.6 is 11.8 Å². The Kier molecular flexibility index (Phi) is 4.69. The average molecular weight is 286 g/mol. The molecule has 3 nitrogen and oxygen atoms in total. The van der Waals surface area contributed by atoms with E-state index in [4.69, 9.17) is 5.73 Å². The molecule has 0 aromatic heterocycles. The topological polar surface area (TPSA) is 55.1 Å². The fourth-order valence-electron chi connectivity index (χ4n) is 2.03. The summed E-state index contributed by atoms with van der Waals surface area (Å²) in [6.45, 7) is 2.05. The first kappa shape index (κ1) is 14.5. The van der Waals surface area contributed by atoms with E-state index in [9.17, 15) is 4.79 Å². The van der Waals surface area contributed by atoms with E-state index in [-0.39, 0.29) is 5.91 Å². The summed E-state index contributed by atoms with van der Waals surface area (Å²) in [5, 5.41) is 2.89. The van der Waals surface area contributed by atoms with E-state index in [1.165, 1.54) is 0 Å². The first-order valence-corrected chi connectivity index (χ1v) is 7.71. The maximum Gasteiger partial charge on any atom is 0.256 e. The zero-order chi connectivity index (χ0) is 14.5. The van der Waals surface area contributed by atoms with Gasteiger partial charge in [0.25, 0.3) is 5.91 Å². The summed E-state index contributed by atoms with van der Waals surface area (Å²) < 4.78 is 0. The predicted molar refractivity (Wildman–Crippen MR) is 86.4 cm³/mol. The molecular weight excluding hydrogens is 268 g/mol. The summed E-state index contributed by atoms with van der Waals surface area (Å²) in [6, 6.07) is 13.2. The molecule has 104 valence electrons. The van der Waals surface area contributed by atoms with Gasteiger partial charge in [-0.3, -0.25) is 4.79 Å². The number of amides is 1. The number of nitrogen functional groups attached to an aromatic ring is 1. The van der Waals surface area contributed by atoms with Gasteiger partial charge in [-0.2, -0.15) is 0 Å². The fourth-order valence-corrected chi connectivity index (χ4v) is 2.62. The van der Waals surface area contributed by atoms with Gasteiger partial charge in [0.2, 0.25) is 0 Å². The van der Waals surface area contributed by atoms with Crippen molar-refractivity contribution in [3.05, 3.63) is 53.6 Å². The van der Waals surface area contributed by atoms with E-state index in [2.05, 4.69) is 12.2 Å². The van der Waals surface area contributed by atoms with Crippen LogP contribution in [-0.4, -0.2) is 12.2 Å². The van der Waals surface area contributed by atoms with Crippen molar-refractivity contribution >= 4 is 29.0 Å². The number of rotatable bonds is 4. The standard InChI is InChI=1S/C16H18N2OS/c1-3-11-8-9-12(10-14(11)17)18-16(19)13-6-4-5-7-15(13)20-2/h4-10H,3,17H2,1-2H3,(H,18,19). The van der Waals surface area contributed by atoms with Gasteiger partial charge in [-0.25, -0.2) is 0 Å². The molecule has 0 unspecified atom stereocenters. The van der Waals surface area contributed by atoms with Crippen LogP contribution in [0, 0.1) is 0 Å². The highest BCUT2D eigenvalue weighted by atomic mass is 32.2. The number of hydrogen-bond donors (Lipinski definition) is 2. The van der Waals surface area contributed by atoms with Gasteiger partial charge < -0.3 is 11.1 Å². The molecular formula is C16H18N2OS. The summed E-state index contributed by atoms with van der Waals surface area (Å²) in [5.41, 5.74) is 9.15. The smallest absolute Gasteiger partial charge is 0.256 e. The monoisotopic (exact) mass is 286 g/mol. The molecule has 0 aliphatic rings. The molecule has 3 N–H and O–H groups in total. The van der Waals surface area contributed by atoms with Crippen LogP contribution in [0.2, 0.25) is 0 Å². The third kappa shape index (κ3) is 3.14. The molecule has 0 atom stereocenters. The number of nitrogens with one attached hydrogen (secondary N) is 1. The Labute approximate surface area is 123 Å². The molecule has 2 aromatic carbocycles. The van der Waals surface area contributed by atoms with Crippen LogP contribution in [0.15, 0.2) is 47.4 Å². The van der Waals surface area contributed by atoms with Gasteiger partial charge in [-0.1, -0.05) is 25.1 Å². The van der Waals surface area contributed by atoms with E-state index in [0.29, 0.717) is 11.3 Å². The zero-order valence-corrected chi connectivity index (χ0v) is 12.5. The van der Waals surface area contributed by atoms with E-state index in [0.717, 1.165) is 22.6 Å². The van der Waals surface area contributed by atoms with Gasteiger partial charge in [-0.05, 0) is 42.5 Å². The molecule has 0 bridgehead atoms. The molecule has 0 aliphatic heterocycles.